The van der Waals surface area contributed by atoms with Gasteiger partial charge in [0.25, 0.3) is 0 Å². The highest BCUT2D eigenvalue weighted by Crippen LogP contribution is 2.27. The SMILES string of the molecule is Cc1c(O)cccc1N(CC(=O)N[C@@H](Cc1ccccc1)[C@H](O)CN(CC(C)C)S(=O)(=O)c1ccc(N)cc1)CC(=O)N(C)C. The zero-order chi connectivity index (χ0) is 33.3. The number of nitrogens with zero attached hydrogens (tertiary/aromatic N) is 3. The highest BCUT2D eigenvalue weighted by molar-refractivity contribution is 7.89. The summed E-state index contributed by atoms with van der Waals surface area (Å²) in [7, 11) is -0.768. The fourth-order valence-corrected chi connectivity index (χ4v) is 6.49. The molecule has 5 N–H and O–H groups in total. The second-order valence-electron chi connectivity index (χ2n) is 11.8. The molecule has 0 radical (unpaired) electrons. The molecule has 0 bridgehead atoms. The standard InChI is InChI=1S/C33H45N5O6S/c1-23(2)19-38(45(43,44)27-16-14-26(34)15-17-27)20-31(40)28(18-25-10-7-6-8-11-25)35-32(41)21-37(22-33(42)36(4)5)29-12-9-13-30(39)24(29)3/h6-17,23,28,31,39-40H,18-22,34H2,1-5H3,(H,35,41)/t28-,31+/m0/s1. The Labute approximate surface area is 266 Å². The van der Waals surface area contributed by atoms with Crippen LogP contribution in [0.25, 0.3) is 0 Å². The fourth-order valence-electron chi connectivity index (χ4n) is 4.87. The molecule has 2 amide bonds. The van der Waals surface area contributed by atoms with Crippen molar-refractivity contribution in [3.63, 3.8) is 0 Å². The van der Waals surface area contributed by atoms with Crippen molar-refractivity contribution in [3.05, 3.63) is 83.9 Å². The van der Waals surface area contributed by atoms with Crippen molar-refractivity contribution < 1.29 is 28.2 Å². The second-order valence-corrected chi connectivity index (χ2v) is 13.7. The number of amides is 2. The van der Waals surface area contributed by atoms with E-state index >= 15 is 0 Å². The largest absolute Gasteiger partial charge is 0.508 e. The molecule has 0 aliphatic heterocycles. The molecule has 3 rings (SSSR count). The Morgan fingerprint density at radius 1 is 0.911 bits per heavy atom. The number of phenolic OH excluding ortho intramolecular Hbond substituents is 1. The Balaban J connectivity index is 1.91. The van der Waals surface area contributed by atoms with Crippen molar-refractivity contribution in [1.29, 1.82) is 0 Å². The van der Waals surface area contributed by atoms with Crippen LogP contribution in [0.2, 0.25) is 0 Å². The molecule has 12 heteroatoms. The molecular weight excluding hydrogens is 594 g/mol. The number of aliphatic hydroxyl groups excluding tert-OH is 1. The van der Waals surface area contributed by atoms with Gasteiger partial charge in [-0.05, 0) is 61.2 Å². The van der Waals surface area contributed by atoms with Gasteiger partial charge >= 0.3 is 0 Å². The van der Waals surface area contributed by atoms with Crippen molar-refractivity contribution in [1.82, 2.24) is 14.5 Å². The van der Waals surface area contributed by atoms with E-state index in [0.717, 1.165) is 5.56 Å². The molecule has 0 heterocycles. The highest BCUT2D eigenvalue weighted by Gasteiger charge is 2.32. The molecule has 0 fully saturated rings. The number of phenols is 1. The fraction of sp³-hybridized carbons (Fsp3) is 0.394. The molecule has 2 atom stereocenters. The molecule has 0 saturated carbocycles. The van der Waals surface area contributed by atoms with Gasteiger partial charge in [-0.25, -0.2) is 8.42 Å². The van der Waals surface area contributed by atoms with Crippen LogP contribution in [0.15, 0.2) is 77.7 Å². The van der Waals surface area contributed by atoms with Gasteiger partial charge in [-0.15, -0.1) is 0 Å². The van der Waals surface area contributed by atoms with Crippen molar-refractivity contribution in [3.8, 4) is 5.75 Å². The van der Waals surface area contributed by atoms with E-state index in [1.807, 2.05) is 44.2 Å². The molecule has 3 aromatic rings. The van der Waals surface area contributed by atoms with Gasteiger partial charge in [0.15, 0.2) is 0 Å². The minimum absolute atomic E-state index is 0.0279. The first-order valence-electron chi connectivity index (χ1n) is 14.8. The summed E-state index contributed by atoms with van der Waals surface area (Å²) >= 11 is 0. The van der Waals surface area contributed by atoms with Gasteiger partial charge in [-0.1, -0.05) is 50.2 Å². The van der Waals surface area contributed by atoms with Crippen LogP contribution >= 0.6 is 0 Å². The third-order valence-electron chi connectivity index (χ3n) is 7.36. The number of carbonyl (C=O) groups excluding carboxylic acids is 2. The molecule has 0 aromatic heterocycles. The minimum atomic E-state index is -4.00. The summed E-state index contributed by atoms with van der Waals surface area (Å²) in [5.74, 6) is -0.749. The van der Waals surface area contributed by atoms with Gasteiger partial charge in [0, 0.05) is 44.1 Å². The van der Waals surface area contributed by atoms with Gasteiger partial charge in [-0.2, -0.15) is 4.31 Å². The monoisotopic (exact) mass is 639 g/mol. The van der Waals surface area contributed by atoms with Crippen molar-refractivity contribution in [2.45, 2.75) is 44.2 Å². The highest BCUT2D eigenvalue weighted by atomic mass is 32.2. The number of nitrogen functional groups attached to an aromatic ring is 1. The predicted molar refractivity (Wildman–Crippen MR) is 176 cm³/mol. The molecule has 45 heavy (non-hydrogen) atoms. The van der Waals surface area contributed by atoms with Gasteiger partial charge in [-0.3, -0.25) is 9.59 Å². The van der Waals surface area contributed by atoms with E-state index in [-0.39, 0.29) is 55.1 Å². The number of sulfonamides is 1. The van der Waals surface area contributed by atoms with E-state index in [1.54, 1.807) is 38.1 Å². The number of benzene rings is 3. The number of nitrogens with one attached hydrogen (secondary N) is 1. The number of anilines is 2. The Hall–Kier alpha value is -4.13. The maximum absolute atomic E-state index is 13.7. The lowest BCUT2D eigenvalue weighted by molar-refractivity contribution is -0.127. The second kappa shape index (κ2) is 15.7. The van der Waals surface area contributed by atoms with E-state index in [9.17, 15) is 28.2 Å². The molecule has 0 spiro atoms. The maximum atomic E-state index is 13.7. The Bertz CT molecular complexity index is 1530. The van der Waals surface area contributed by atoms with Crippen LogP contribution in [-0.2, 0) is 26.0 Å². The van der Waals surface area contributed by atoms with E-state index in [4.69, 9.17) is 5.73 Å². The first kappa shape index (κ1) is 35.4. The van der Waals surface area contributed by atoms with E-state index in [2.05, 4.69) is 5.32 Å². The minimum Gasteiger partial charge on any atom is -0.508 e. The summed E-state index contributed by atoms with van der Waals surface area (Å²) in [6.45, 7) is 4.97. The average Bonchev–Trinajstić information content (AvgIpc) is 2.98. The Morgan fingerprint density at radius 3 is 2.16 bits per heavy atom. The van der Waals surface area contributed by atoms with Crippen LogP contribution in [-0.4, -0.2) is 92.1 Å². The lowest BCUT2D eigenvalue weighted by Crippen LogP contribution is -2.53. The Morgan fingerprint density at radius 2 is 1.56 bits per heavy atom. The molecule has 0 aliphatic rings. The van der Waals surface area contributed by atoms with Gasteiger partial charge < -0.3 is 31.1 Å². The summed E-state index contributed by atoms with van der Waals surface area (Å²) in [6.07, 6.45) is -1.05. The van der Waals surface area contributed by atoms with Crippen LogP contribution in [0.4, 0.5) is 11.4 Å². The summed E-state index contributed by atoms with van der Waals surface area (Å²) < 4.78 is 28.6. The van der Waals surface area contributed by atoms with E-state index in [1.165, 1.54) is 39.5 Å². The molecule has 0 saturated heterocycles. The van der Waals surface area contributed by atoms with Crippen molar-refractivity contribution in [2.75, 3.05) is 50.9 Å². The number of hydrogen-bond donors (Lipinski definition) is 4. The summed E-state index contributed by atoms with van der Waals surface area (Å²) in [5, 5.41) is 24.8. The van der Waals surface area contributed by atoms with Crippen LogP contribution < -0.4 is 16.0 Å². The first-order valence-corrected chi connectivity index (χ1v) is 16.2. The van der Waals surface area contributed by atoms with E-state index < -0.39 is 28.1 Å². The number of aromatic hydroxyl groups is 1. The average molecular weight is 640 g/mol. The molecule has 11 nitrogen and oxygen atoms in total. The topological polar surface area (TPSA) is 157 Å². The number of hydrogen-bond acceptors (Lipinski definition) is 8. The molecule has 0 aliphatic carbocycles. The van der Waals surface area contributed by atoms with E-state index in [0.29, 0.717) is 16.9 Å². The van der Waals surface area contributed by atoms with Gasteiger partial charge in [0.05, 0.1) is 30.1 Å². The zero-order valence-electron chi connectivity index (χ0n) is 26.6. The normalized spacial score (nSPS) is 13.0. The van der Waals surface area contributed by atoms with Crippen LogP contribution in [0.5, 0.6) is 5.75 Å². The lowest BCUT2D eigenvalue weighted by atomic mass is 10.0. The Kier molecular flexibility index (Phi) is 12.4. The molecular formula is C33H45N5O6S. The van der Waals surface area contributed by atoms with Crippen LogP contribution in [0, 0.1) is 12.8 Å². The zero-order valence-corrected chi connectivity index (χ0v) is 27.4. The van der Waals surface area contributed by atoms with Gasteiger partial charge in [0.1, 0.15) is 5.75 Å². The number of carbonyl (C=O) groups is 2. The summed E-state index contributed by atoms with van der Waals surface area (Å²) in [5.41, 5.74) is 8.05. The third kappa shape index (κ3) is 9.93. The van der Waals surface area contributed by atoms with Crippen molar-refractivity contribution in [2.24, 2.45) is 5.92 Å². The number of aliphatic hydroxyl groups is 1. The maximum Gasteiger partial charge on any atom is 0.243 e. The van der Waals surface area contributed by atoms with Crippen LogP contribution in [0.3, 0.4) is 0 Å². The quantitative estimate of drug-likeness (QED) is 0.185. The number of rotatable bonds is 15. The number of nitrogens with two attached hydrogens (primary N) is 1. The van der Waals surface area contributed by atoms with Crippen LogP contribution in [0.1, 0.15) is 25.0 Å². The molecule has 244 valence electrons. The first-order chi connectivity index (χ1) is 21.2. The molecule has 0 unspecified atom stereocenters. The van der Waals surface area contributed by atoms with Gasteiger partial charge in [0.2, 0.25) is 21.8 Å². The lowest BCUT2D eigenvalue weighted by Gasteiger charge is -2.32. The summed E-state index contributed by atoms with van der Waals surface area (Å²) in [4.78, 5) is 29.3. The number of likely N-dealkylation sites (N-methyl/N-ethyl adjacent to an activating group) is 1. The smallest absolute Gasteiger partial charge is 0.243 e. The predicted octanol–water partition coefficient (Wildman–Crippen LogP) is 2.61. The third-order valence-corrected chi connectivity index (χ3v) is 9.21. The summed E-state index contributed by atoms with van der Waals surface area (Å²) in [6, 6.07) is 19.2. The molecule has 3 aromatic carbocycles. The van der Waals surface area contributed by atoms with Crippen molar-refractivity contribution >= 4 is 33.2 Å².